The van der Waals surface area contributed by atoms with Gasteiger partial charge in [-0.3, -0.25) is 4.21 Å². The number of anilines is 2. The number of aromatic nitrogens is 2. The van der Waals surface area contributed by atoms with Gasteiger partial charge >= 0.3 is 0 Å². The smallest absolute Gasteiger partial charge is 0.141 e. The summed E-state index contributed by atoms with van der Waals surface area (Å²) >= 11 is 6.50. The number of benzene rings is 3. The summed E-state index contributed by atoms with van der Waals surface area (Å²) < 4.78 is 37.4. The Balaban J connectivity index is 1.35. The Labute approximate surface area is 245 Å². The minimum atomic E-state index is -0.969. The van der Waals surface area contributed by atoms with Gasteiger partial charge in [0.15, 0.2) is 0 Å². The molecular weight excluding hydrogens is 563 g/mol. The summed E-state index contributed by atoms with van der Waals surface area (Å²) in [5.74, 6) is 2.71. The zero-order valence-electron chi connectivity index (χ0n) is 22.7. The molecule has 0 saturated heterocycles. The monoisotopic (exact) mass is 592 g/mol. The van der Waals surface area contributed by atoms with E-state index in [1.165, 1.54) is 18.5 Å². The number of hydrogen-bond donors (Lipinski definition) is 2. The zero-order chi connectivity index (χ0) is 28.8. The number of rotatable bonds is 12. The van der Waals surface area contributed by atoms with Crippen LogP contribution in [0, 0.1) is 5.82 Å². The van der Waals surface area contributed by atoms with Crippen molar-refractivity contribution in [1.82, 2.24) is 15.3 Å². The van der Waals surface area contributed by atoms with Crippen LogP contribution in [0.25, 0.3) is 22.2 Å². The lowest BCUT2D eigenvalue weighted by Gasteiger charge is -2.15. The molecule has 2 aromatic heterocycles. The van der Waals surface area contributed by atoms with Crippen LogP contribution in [0.5, 0.6) is 5.75 Å². The van der Waals surface area contributed by atoms with Crippen LogP contribution < -0.4 is 15.4 Å². The highest BCUT2D eigenvalue weighted by atomic mass is 35.5. The number of halogens is 2. The molecule has 212 valence electrons. The molecular formula is C31H30ClFN4O3S. The Hall–Kier alpha value is -3.79. The second-order valence-corrected chi connectivity index (χ2v) is 11.5. The van der Waals surface area contributed by atoms with Gasteiger partial charge in [0.2, 0.25) is 0 Å². The molecule has 2 N–H and O–H groups in total. The van der Waals surface area contributed by atoms with Crippen LogP contribution in [0.1, 0.15) is 30.7 Å². The van der Waals surface area contributed by atoms with Crippen molar-refractivity contribution in [3.05, 3.63) is 101 Å². The van der Waals surface area contributed by atoms with Crippen LogP contribution in [0.2, 0.25) is 5.02 Å². The fourth-order valence-corrected chi connectivity index (χ4v) is 5.41. The summed E-state index contributed by atoms with van der Waals surface area (Å²) in [7, 11) is -0.969. The van der Waals surface area contributed by atoms with Gasteiger partial charge in [0.25, 0.3) is 0 Å². The maximum Gasteiger partial charge on any atom is 0.141 e. The number of nitrogens with one attached hydrogen (secondary N) is 2. The molecule has 41 heavy (non-hydrogen) atoms. The van der Waals surface area contributed by atoms with Crippen LogP contribution in [-0.2, 0) is 17.4 Å². The Bertz CT molecular complexity index is 1680. The van der Waals surface area contributed by atoms with Crippen LogP contribution >= 0.6 is 11.6 Å². The van der Waals surface area contributed by atoms with Crippen LogP contribution in [0.3, 0.4) is 0 Å². The molecule has 3 aromatic carbocycles. The van der Waals surface area contributed by atoms with Crippen molar-refractivity contribution in [3.63, 3.8) is 0 Å². The lowest BCUT2D eigenvalue weighted by atomic mass is 10.1. The van der Waals surface area contributed by atoms with Gasteiger partial charge in [-0.2, -0.15) is 0 Å². The fourth-order valence-electron chi connectivity index (χ4n) is 4.42. The summed E-state index contributed by atoms with van der Waals surface area (Å²) in [4.78, 5) is 8.88. The van der Waals surface area contributed by atoms with E-state index in [9.17, 15) is 8.60 Å². The number of fused-ring (bicyclic) bond motifs is 1. The number of ether oxygens (including phenoxy) is 1. The van der Waals surface area contributed by atoms with E-state index < -0.39 is 10.8 Å². The molecule has 2 heterocycles. The minimum absolute atomic E-state index is 0.124. The first-order valence-corrected chi connectivity index (χ1v) is 15.3. The second kappa shape index (κ2) is 13.2. The van der Waals surface area contributed by atoms with Gasteiger partial charge in [-0.1, -0.05) is 30.7 Å². The maximum atomic E-state index is 13.5. The van der Waals surface area contributed by atoms with Crippen LogP contribution in [0.4, 0.5) is 15.9 Å². The van der Waals surface area contributed by atoms with Gasteiger partial charge in [0.05, 0.1) is 16.6 Å². The molecule has 5 rings (SSSR count). The highest BCUT2D eigenvalue weighted by Crippen LogP contribution is 2.33. The highest BCUT2D eigenvalue weighted by molar-refractivity contribution is 7.84. The second-order valence-electron chi connectivity index (χ2n) is 9.59. The number of nitrogens with zero attached hydrogens (tertiary/aromatic N) is 2. The topological polar surface area (TPSA) is 89.3 Å². The number of hydrogen-bond acceptors (Lipinski definition) is 7. The highest BCUT2D eigenvalue weighted by Gasteiger charge is 2.18. The molecule has 0 bridgehead atoms. The van der Waals surface area contributed by atoms with Crippen molar-refractivity contribution in [2.24, 2.45) is 0 Å². The molecule has 0 aliphatic carbocycles. The molecule has 10 heteroatoms. The maximum absolute atomic E-state index is 13.5. The van der Waals surface area contributed by atoms with Gasteiger partial charge in [0, 0.05) is 39.4 Å². The first kappa shape index (κ1) is 28.7. The van der Waals surface area contributed by atoms with E-state index in [1.807, 2.05) is 36.4 Å². The van der Waals surface area contributed by atoms with Crippen molar-refractivity contribution < 1.29 is 17.8 Å². The Morgan fingerprint density at radius 1 is 1.07 bits per heavy atom. The summed E-state index contributed by atoms with van der Waals surface area (Å²) in [6.07, 6.45) is 4.17. The summed E-state index contributed by atoms with van der Waals surface area (Å²) in [5.41, 5.74) is 3.06. The molecule has 0 spiro atoms. The van der Waals surface area contributed by atoms with E-state index in [-0.39, 0.29) is 18.5 Å². The van der Waals surface area contributed by atoms with Crippen molar-refractivity contribution in [2.45, 2.75) is 26.0 Å². The average molecular weight is 593 g/mol. The molecule has 0 aliphatic rings. The third-order valence-electron chi connectivity index (χ3n) is 6.41. The predicted molar refractivity (Wildman–Crippen MR) is 163 cm³/mol. The van der Waals surface area contributed by atoms with Gasteiger partial charge < -0.3 is 19.8 Å². The molecule has 5 aromatic rings. The van der Waals surface area contributed by atoms with Gasteiger partial charge in [0.1, 0.15) is 41.8 Å². The van der Waals surface area contributed by atoms with Crippen molar-refractivity contribution >= 4 is 44.8 Å². The largest absolute Gasteiger partial charge is 0.487 e. The fraction of sp³-hybridized carbons (Fsp3) is 0.226. The van der Waals surface area contributed by atoms with E-state index >= 15 is 0 Å². The molecule has 7 nitrogen and oxygen atoms in total. The third kappa shape index (κ3) is 7.30. The van der Waals surface area contributed by atoms with Crippen LogP contribution in [0.15, 0.2) is 83.5 Å². The normalized spacial score (nSPS) is 12.8. The average Bonchev–Trinajstić information content (AvgIpc) is 3.45. The van der Waals surface area contributed by atoms with E-state index in [4.69, 9.17) is 20.8 Å². The Morgan fingerprint density at radius 3 is 2.73 bits per heavy atom. The Morgan fingerprint density at radius 2 is 1.95 bits per heavy atom. The quantitative estimate of drug-likeness (QED) is 0.156. The molecule has 0 radical (unpaired) electrons. The SMILES string of the molecule is CCCNC(C[S@](C)=O)c1ccc(-c2ccc3ncnc(Nc4ccc(OCc5cccc(F)c5)c(Cl)c4)c3c2)o1. The van der Waals surface area contributed by atoms with E-state index in [2.05, 4.69) is 27.5 Å². The molecule has 0 saturated carbocycles. The first-order valence-electron chi connectivity index (χ1n) is 13.2. The first-order chi connectivity index (χ1) is 19.9. The predicted octanol–water partition coefficient (Wildman–Crippen LogP) is 7.42. The standard InChI is InChI=1S/C31H30ClFN4O3S/c1-3-13-34-27(18-41(2)38)30-12-11-28(40-30)21-7-9-26-24(15-21)31(36-19-35-26)37-23-8-10-29(25(32)16-23)39-17-20-5-4-6-22(33)14-20/h4-12,14-16,19,27,34H,3,13,17-18H2,1-2H3,(H,35,36,37)/t27?,41-/m0/s1. The molecule has 0 amide bonds. The Kier molecular flexibility index (Phi) is 9.28. The molecule has 2 atom stereocenters. The van der Waals surface area contributed by atoms with Crippen molar-refractivity contribution in [2.75, 3.05) is 23.9 Å². The van der Waals surface area contributed by atoms with E-state index in [1.54, 1.807) is 30.5 Å². The molecule has 0 aliphatic heterocycles. The third-order valence-corrected chi connectivity index (χ3v) is 7.51. The van der Waals surface area contributed by atoms with Crippen LogP contribution in [-0.4, -0.2) is 32.7 Å². The summed E-state index contributed by atoms with van der Waals surface area (Å²) in [6.45, 7) is 3.10. The lowest BCUT2D eigenvalue weighted by Crippen LogP contribution is -2.26. The summed E-state index contributed by atoms with van der Waals surface area (Å²) in [6, 6.07) is 21.2. The molecule has 0 fully saturated rings. The zero-order valence-corrected chi connectivity index (χ0v) is 24.3. The minimum Gasteiger partial charge on any atom is -0.487 e. The number of furan rings is 1. The van der Waals surface area contributed by atoms with Crippen molar-refractivity contribution in [3.8, 4) is 17.1 Å². The van der Waals surface area contributed by atoms with Gasteiger partial charge in [-0.15, -0.1) is 0 Å². The van der Waals surface area contributed by atoms with E-state index in [0.29, 0.717) is 33.7 Å². The van der Waals surface area contributed by atoms with Crippen molar-refractivity contribution in [1.29, 1.82) is 0 Å². The summed E-state index contributed by atoms with van der Waals surface area (Å²) in [5, 5.41) is 7.97. The lowest BCUT2D eigenvalue weighted by molar-refractivity contribution is 0.306. The van der Waals surface area contributed by atoms with Gasteiger partial charge in [-0.05, 0) is 79.2 Å². The van der Waals surface area contributed by atoms with E-state index in [0.717, 1.165) is 40.9 Å². The van der Waals surface area contributed by atoms with Gasteiger partial charge in [-0.25, -0.2) is 14.4 Å². The molecule has 1 unspecified atom stereocenters.